The zero-order chi connectivity index (χ0) is 26.4. The van der Waals surface area contributed by atoms with Crippen LogP contribution in [0.1, 0.15) is 96.8 Å². The number of phosphoric ester groups is 1. The van der Waals surface area contributed by atoms with Gasteiger partial charge in [0.15, 0.2) is 5.78 Å². The smallest absolute Gasteiger partial charge is 0.377 e. The quantitative estimate of drug-likeness (QED) is 0.0855. The molecule has 8 nitrogen and oxygen atoms in total. The van der Waals surface area contributed by atoms with E-state index < -0.39 is 13.9 Å². The minimum atomic E-state index is -4.15. The van der Waals surface area contributed by atoms with Crippen molar-refractivity contribution in [3.63, 3.8) is 0 Å². The van der Waals surface area contributed by atoms with Crippen molar-refractivity contribution < 1.29 is 37.3 Å². The maximum atomic E-state index is 12.0. The summed E-state index contributed by atoms with van der Waals surface area (Å²) >= 11 is 0. The van der Waals surface area contributed by atoms with E-state index in [1.807, 2.05) is 21.1 Å². The monoisotopic (exact) mass is 524 g/mol. The number of carbonyl (C=O) groups is 1. The number of nitrogens with zero attached hydrogens (tertiary/aromatic N) is 1. The number of hydrogen-bond acceptors (Lipinski definition) is 6. The molecule has 0 aromatic heterocycles. The van der Waals surface area contributed by atoms with Crippen molar-refractivity contribution in [2.24, 2.45) is 0 Å². The molecule has 0 saturated heterocycles. The molecule has 0 fully saturated rings. The Balaban J connectivity index is 3.67. The van der Waals surface area contributed by atoms with E-state index in [2.05, 4.69) is 6.92 Å². The average Bonchev–Trinajstić information content (AvgIpc) is 2.78. The van der Waals surface area contributed by atoms with Crippen LogP contribution in [-0.2, 0) is 27.9 Å². The normalized spacial score (nSPS) is 14.7. The molecule has 35 heavy (non-hydrogen) atoms. The van der Waals surface area contributed by atoms with Crippen molar-refractivity contribution in [3.8, 4) is 0 Å². The van der Waals surface area contributed by atoms with Crippen molar-refractivity contribution in [1.29, 1.82) is 0 Å². The van der Waals surface area contributed by atoms with Crippen molar-refractivity contribution in [2.45, 2.75) is 103 Å². The molecule has 0 aliphatic rings. The van der Waals surface area contributed by atoms with Crippen molar-refractivity contribution >= 4 is 13.6 Å². The highest BCUT2D eigenvalue weighted by atomic mass is 31.2. The molecule has 0 aromatic carbocycles. The summed E-state index contributed by atoms with van der Waals surface area (Å²) in [5.74, 6) is 0.0697. The fourth-order valence-electron chi connectivity index (χ4n) is 3.55. The van der Waals surface area contributed by atoms with Gasteiger partial charge in [0.2, 0.25) is 0 Å². The number of carbonyl (C=O) groups excluding carboxylic acids is 1. The second-order valence-electron chi connectivity index (χ2n) is 10.5. The number of ketones is 1. The third-order valence-corrected chi connectivity index (χ3v) is 6.88. The van der Waals surface area contributed by atoms with Crippen LogP contribution in [0.4, 0.5) is 0 Å². The Bertz CT molecular complexity index is 554. The topological polar surface area (TPSA) is 91.3 Å². The van der Waals surface area contributed by atoms with Gasteiger partial charge in [-0.1, -0.05) is 84.0 Å². The molecule has 0 spiro atoms. The summed E-state index contributed by atoms with van der Waals surface area (Å²) in [4.78, 5) is 21.8. The predicted octanol–water partition coefficient (Wildman–Crippen LogP) is 5.91. The number of unbranched alkanes of at least 4 members (excludes halogenated alkanes) is 12. The largest absolute Gasteiger partial charge is 0.472 e. The SMILES string of the molecule is CCCCCCCCCCCCCCCC(=O)COCC(COP(=O)(O)OCC[N+](C)(C)C)OC. The van der Waals surface area contributed by atoms with Gasteiger partial charge in [-0.05, 0) is 6.42 Å². The number of likely N-dealkylation sites (N-methyl/N-ethyl adjacent to an activating group) is 1. The zero-order valence-corrected chi connectivity index (χ0v) is 24.2. The van der Waals surface area contributed by atoms with Gasteiger partial charge < -0.3 is 18.9 Å². The lowest BCUT2D eigenvalue weighted by Crippen LogP contribution is -2.37. The highest BCUT2D eigenvalue weighted by Crippen LogP contribution is 2.43. The molecule has 9 heteroatoms. The second kappa shape index (κ2) is 21.7. The lowest BCUT2D eigenvalue weighted by atomic mass is 10.0. The minimum absolute atomic E-state index is 0.0227. The lowest BCUT2D eigenvalue weighted by Gasteiger charge is -2.24. The van der Waals surface area contributed by atoms with Gasteiger partial charge in [0.05, 0.1) is 34.4 Å². The van der Waals surface area contributed by atoms with Gasteiger partial charge in [0.1, 0.15) is 25.9 Å². The Morgan fingerprint density at radius 1 is 0.829 bits per heavy atom. The summed E-state index contributed by atoms with van der Waals surface area (Å²) < 4.78 is 33.2. The first-order valence-electron chi connectivity index (χ1n) is 13.6. The van der Waals surface area contributed by atoms with Gasteiger partial charge >= 0.3 is 7.82 Å². The molecule has 0 aromatic rings. The van der Waals surface area contributed by atoms with Gasteiger partial charge in [-0.25, -0.2) is 4.57 Å². The number of Topliss-reactive ketones (excluding diaryl/α,β-unsaturated/α-hetero) is 1. The molecular weight excluding hydrogens is 469 g/mol. The van der Waals surface area contributed by atoms with Gasteiger partial charge in [-0.2, -0.15) is 0 Å². The van der Waals surface area contributed by atoms with Crippen LogP contribution in [0.25, 0.3) is 0 Å². The Morgan fingerprint density at radius 3 is 1.83 bits per heavy atom. The van der Waals surface area contributed by atoms with Crippen LogP contribution in [0.15, 0.2) is 0 Å². The van der Waals surface area contributed by atoms with Crippen molar-refractivity contribution in [2.75, 3.05) is 61.2 Å². The van der Waals surface area contributed by atoms with E-state index in [9.17, 15) is 14.3 Å². The molecule has 0 radical (unpaired) electrons. The van der Waals surface area contributed by atoms with Crippen LogP contribution in [0.5, 0.6) is 0 Å². The van der Waals surface area contributed by atoms with Crippen LogP contribution in [0.3, 0.4) is 0 Å². The van der Waals surface area contributed by atoms with Crippen molar-refractivity contribution in [1.82, 2.24) is 0 Å². The summed E-state index contributed by atoms with van der Waals surface area (Å²) in [6.45, 7) is 2.92. The number of methoxy groups -OCH3 is 1. The molecule has 210 valence electrons. The van der Waals surface area contributed by atoms with Crippen LogP contribution in [-0.4, -0.2) is 82.5 Å². The Morgan fingerprint density at radius 2 is 1.34 bits per heavy atom. The minimum Gasteiger partial charge on any atom is -0.377 e. The summed E-state index contributed by atoms with van der Waals surface area (Å²) in [5, 5.41) is 0. The lowest BCUT2D eigenvalue weighted by molar-refractivity contribution is -0.870. The summed E-state index contributed by atoms with van der Waals surface area (Å²) in [6, 6.07) is 0. The van der Waals surface area contributed by atoms with E-state index in [0.717, 1.165) is 12.8 Å². The predicted molar refractivity (Wildman–Crippen MR) is 142 cm³/mol. The third kappa shape index (κ3) is 25.1. The standard InChI is InChI=1S/C26H54NO7P/c1-6-7-8-9-10-11-12-13-14-15-16-17-18-19-25(28)22-32-23-26(31-5)24-34-35(29,30)33-21-20-27(2,3)4/h26H,6-24H2,1-5H3/p+1. The molecule has 0 amide bonds. The van der Waals surface area contributed by atoms with Crippen LogP contribution in [0, 0.1) is 0 Å². The van der Waals surface area contributed by atoms with Crippen molar-refractivity contribution in [3.05, 3.63) is 0 Å². The van der Waals surface area contributed by atoms with Crippen LogP contribution >= 0.6 is 7.82 Å². The van der Waals surface area contributed by atoms with Crippen LogP contribution < -0.4 is 0 Å². The third-order valence-electron chi connectivity index (χ3n) is 5.90. The zero-order valence-electron chi connectivity index (χ0n) is 23.3. The molecule has 0 rings (SSSR count). The highest BCUT2D eigenvalue weighted by Gasteiger charge is 2.24. The molecule has 0 aliphatic heterocycles. The molecule has 0 saturated carbocycles. The first-order chi connectivity index (χ1) is 16.6. The van der Waals surface area contributed by atoms with Gasteiger partial charge in [0, 0.05) is 13.5 Å². The number of phosphoric acid groups is 1. The highest BCUT2D eigenvalue weighted by molar-refractivity contribution is 7.47. The molecule has 2 unspecified atom stereocenters. The van der Waals surface area contributed by atoms with E-state index in [1.54, 1.807) is 0 Å². The first-order valence-corrected chi connectivity index (χ1v) is 15.1. The summed E-state index contributed by atoms with van der Waals surface area (Å²) in [5.41, 5.74) is 0. The molecular formula is C26H55NO7P+. The van der Waals surface area contributed by atoms with E-state index in [-0.39, 0.29) is 32.2 Å². The number of quaternary nitrogens is 1. The average molecular weight is 525 g/mol. The summed E-state index contributed by atoms with van der Waals surface area (Å²) in [6.07, 6.45) is 16.6. The summed E-state index contributed by atoms with van der Waals surface area (Å²) in [7, 11) is 3.21. The Labute approximate surface area is 215 Å². The molecule has 2 atom stereocenters. The van der Waals surface area contributed by atoms with Gasteiger partial charge in [0.25, 0.3) is 0 Å². The Hall–Kier alpha value is -0.340. The molecule has 0 bridgehead atoms. The van der Waals surface area contributed by atoms with E-state index in [0.29, 0.717) is 17.4 Å². The molecule has 1 N–H and O–H groups in total. The first kappa shape index (κ1) is 34.7. The fourth-order valence-corrected chi connectivity index (χ4v) is 4.29. The number of hydrogen-bond donors (Lipinski definition) is 1. The maximum Gasteiger partial charge on any atom is 0.472 e. The molecule has 0 heterocycles. The number of ether oxygens (including phenoxy) is 2. The van der Waals surface area contributed by atoms with E-state index >= 15 is 0 Å². The Kier molecular flexibility index (Phi) is 21.5. The molecule has 0 aliphatic carbocycles. The maximum absolute atomic E-state index is 12.0. The fraction of sp³-hybridized carbons (Fsp3) is 0.962. The van der Waals surface area contributed by atoms with E-state index in [4.69, 9.17) is 18.5 Å². The van der Waals surface area contributed by atoms with Crippen LogP contribution in [0.2, 0.25) is 0 Å². The van der Waals surface area contributed by atoms with Gasteiger partial charge in [-0.15, -0.1) is 0 Å². The van der Waals surface area contributed by atoms with E-state index in [1.165, 1.54) is 77.7 Å². The number of rotatable bonds is 26. The van der Waals surface area contributed by atoms with Gasteiger partial charge in [-0.3, -0.25) is 13.8 Å². The second-order valence-corrected chi connectivity index (χ2v) is 12.0.